The minimum absolute atomic E-state index is 0.0479. The molecule has 7 nitrogen and oxygen atoms in total. The minimum atomic E-state index is -0.379. The summed E-state index contributed by atoms with van der Waals surface area (Å²) in [4.78, 5) is 21.6. The van der Waals surface area contributed by atoms with Gasteiger partial charge in [-0.3, -0.25) is 9.89 Å². The number of carbonyl (C=O) groups is 1. The average Bonchev–Trinajstić information content (AvgIpc) is 3.31. The van der Waals surface area contributed by atoms with E-state index in [1.54, 1.807) is 0 Å². The van der Waals surface area contributed by atoms with Crippen molar-refractivity contribution in [2.24, 2.45) is 0 Å². The lowest BCUT2D eigenvalue weighted by Crippen LogP contribution is -2.49. The monoisotopic (exact) mass is 341 g/mol. The molecule has 0 bridgehead atoms. The van der Waals surface area contributed by atoms with Crippen molar-refractivity contribution in [2.45, 2.75) is 25.0 Å². The molecule has 1 N–H and O–H groups in total. The molecule has 0 unspecified atom stereocenters. The number of hydrogen-bond acceptors (Lipinski definition) is 5. The second-order valence-electron chi connectivity index (χ2n) is 6.72. The molecule has 3 heterocycles. The maximum absolute atomic E-state index is 12.9. The Balaban J connectivity index is 1.52. The lowest BCUT2D eigenvalue weighted by atomic mass is 10.2. The van der Waals surface area contributed by atoms with Crippen LogP contribution in [0.4, 0.5) is 0 Å². The predicted molar refractivity (Wildman–Crippen MR) is 92.7 cm³/mol. The van der Waals surface area contributed by atoms with Crippen LogP contribution in [-0.2, 0) is 9.53 Å². The van der Waals surface area contributed by atoms with Crippen LogP contribution < -0.4 is 0 Å². The minimum Gasteiger partial charge on any atom is -0.366 e. The van der Waals surface area contributed by atoms with Crippen molar-refractivity contribution in [2.75, 3.05) is 33.3 Å². The molecule has 4 rings (SSSR count). The van der Waals surface area contributed by atoms with Gasteiger partial charge >= 0.3 is 0 Å². The summed E-state index contributed by atoms with van der Waals surface area (Å²) in [6.45, 7) is 2.86. The summed E-state index contributed by atoms with van der Waals surface area (Å²) >= 11 is 0. The highest BCUT2D eigenvalue weighted by atomic mass is 16.5. The summed E-state index contributed by atoms with van der Waals surface area (Å²) in [5.41, 5.74) is 0.970. The number of likely N-dealkylation sites (tertiary alicyclic amines) is 1. The van der Waals surface area contributed by atoms with Crippen LogP contribution in [-0.4, -0.2) is 70.3 Å². The highest BCUT2D eigenvalue weighted by Crippen LogP contribution is 2.31. The molecule has 2 saturated heterocycles. The van der Waals surface area contributed by atoms with Gasteiger partial charge in [-0.1, -0.05) is 30.3 Å². The van der Waals surface area contributed by atoms with E-state index in [1.165, 1.54) is 0 Å². The summed E-state index contributed by atoms with van der Waals surface area (Å²) in [5.74, 6) is 1.49. The van der Waals surface area contributed by atoms with E-state index >= 15 is 0 Å². The van der Waals surface area contributed by atoms with Gasteiger partial charge in [-0.2, -0.15) is 5.10 Å². The molecule has 2 fully saturated rings. The topological polar surface area (TPSA) is 74.3 Å². The fourth-order valence-corrected chi connectivity index (χ4v) is 3.57. The zero-order valence-electron chi connectivity index (χ0n) is 14.4. The Bertz CT molecular complexity index is 732. The first kappa shape index (κ1) is 16.2. The third-order valence-electron chi connectivity index (χ3n) is 4.93. The Hall–Kier alpha value is -2.25. The van der Waals surface area contributed by atoms with E-state index in [2.05, 4.69) is 20.1 Å². The maximum atomic E-state index is 12.9. The average molecular weight is 341 g/mol. The summed E-state index contributed by atoms with van der Waals surface area (Å²) in [7, 11) is 2.02. The Kier molecular flexibility index (Phi) is 4.50. The highest BCUT2D eigenvalue weighted by molar-refractivity contribution is 5.82. The van der Waals surface area contributed by atoms with Crippen LogP contribution in [0.2, 0.25) is 0 Å². The Morgan fingerprint density at radius 3 is 2.92 bits per heavy atom. The van der Waals surface area contributed by atoms with Gasteiger partial charge in [-0.05, 0) is 19.9 Å². The number of carbonyl (C=O) groups excluding carboxylic acids is 1. The van der Waals surface area contributed by atoms with Gasteiger partial charge < -0.3 is 14.5 Å². The second kappa shape index (κ2) is 6.93. The van der Waals surface area contributed by atoms with Gasteiger partial charge in [-0.25, -0.2) is 4.98 Å². The van der Waals surface area contributed by atoms with Crippen molar-refractivity contribution in [3.63, 3.8) is 0 Å². The number of likely N-dealkylation sites (N-methyl/N-ethyl adjacent to an activating group) is 1. The molecule has 2 aliphatic rings. The molecule has 0 saturated carbocycles. The van der Waals surface area contributed by atoms with Gasteiger partial charge in [0.25, 0.3) is 5.91 Å². The number of morpholine rings is 1. The first-order valence-corrected chi connectivity index (χ1v) is 8.81. The van der Waals surface area contributed by atoms with E-state index in [0.29, 0.717) is 19.0 Å². The Morgan fingerprint density at radius 1 is 1.28 bits per heavy atom. The number of ether oxygens (including phenoxy) is 1. The largest absolute Gasteiger partial charge is 0.366 e. The van der Waals surface area contributed by atoms with Gasteiger partial charge in [0.05, 0.1) is 12.6 Å². The maximum Gasteiger partial charge on any atom is 0.253 e. The third-order valence-corrected chi connectivity index (χ3v) is 4.93. The van der Waals surface area contributed by atoms with Crippen molar-refractivity contribution in [3.05, 3.63) is 36.2 Å². The van der Waals surface area contributed by atoms with Gasteiger partial charge in [0.1, 0.15) is 11.9 Å². The molecular formula is C18H23N5O2. The molecule has 0 radical (unpaired) electrons. The molecule has 1 aromatic heterocycles. The van der Waals surface area contributed by atoms with Crippen LogP contribution in [0.5, 0.6) is 0 Å². The van der Waals surface area contributed by atoms with Crippen LogP contribution in [0, 0.1) is 0 Å². The highest BCUT2D eigenvalue weighted by Gasteiger charge is 2.37. The normalized spacial score (nSPS) is 24.6. The van der Waals surface area contributed by atoms with Crippen molar-refractivity contribution in [1.82, 2.24) is 25.0 Å². The summed E-state index contributed by atoms with van der Waals surface area (Å²) < 4.78 is 5.70. The van der Waals surface area contributed by atoms with Crippen molar-refractivity contribution in [1.29, 1.82) is 0 Å². The number of rotatable bonds is 3. The van der Waals surface area contributed by atoms with Gasteiger partial charge in [0.2, 0.25) is 0 Å². The lowest BCUT2D eigenvalue weighted by molar-refractivity contribution is -0.149. The fourth-order valence-electron chi connectivity index (χ4n) is 3.57. The van der Waals surface area contributed by atoms with Crippen LogP contribution in [0.15, 0.2) is 30.3 Å². The number of nitrogens with one attached hydrogen (secondary N) is 1. The van der Waals surface area contributed by atoms with Gasteiger partial charge in [0.15, 0.2) is 5.82 Å². The molecule has 7 heteroatoms. The van der Waals surface area contributed by atoms with Crippen LogP contribution in [0.1, 0.15) is 24.7 Å². The predicted octanol–water partition coefficient (Wildman–Crippen LogP) is 1.47. The standard InChI is InChI=1S/C18H23N5O2/c1-22-10-11-25-15(12-22)18(24)23-9-5-8-14(23)17-19-16(20-21-17)13-6-3-2-4-7-13/h2-4,6-7,14-15H,5,8-12H2,1H3,(H,19,20,21)/t14-,15+/m1/s1. The number of amides is 1. The second-order valence-corrected chi connectivity index (χ2v) is 6.72. The molecular weight excluding hydrogens is 318 g/mol. The summed E-state index contributed by atoms with van der Waals surface area (Å²) in [5, 5.41) is 7.37. The smallest absolute Gasteiger partial charge is 0.253 e. The SMILES string of the molecule is CN1CCO[C@H](C(=O)N2CCC[C@@H]2c2nc(-c3ccccc3)n[nH]2)C1. The van der Waals surface area contributed by atoms with Crippen LogP contribution in [0.25, 0.3) is 11.4 Å². The first-order chi connectivity index (χ1) is 12.2. The van der Waals surface area contributed by atoms with Gasteiger partial charge in [-0.15, -0.1) is 0 Å². The first-order valence-electron chi connectivity index (χ1n) is 8.81. The van der Waals surface area contributed by atoms with Crippen LogP contribution in [0.3, 0.4) is 0 Å². The number of aromatic amines is 1. The van der Waals surface area contributed by atoms with E-state index in [-0.39, 0.29) is 18.1 Å². The molecule has 25 heavy (non-hydrogen) atoms. The molecule has 0 aliphatic carbocycles. The van der Waals surface area contributed by atoms with E-state index in [4.69, 9.17) is 4.74 Å². The molecule has 132 valence electrons. The third kappa shape index (κ3) is 3.29. The number of hydrogen-bond donors (Lipinski definition) is 1. The van der Waals surface area contributed by atoms with Crippen LogP contribution >= 0.6 is 0 Å². The molecule has 1 aromatic carbocycles. The molecule has 2 atom stereocenters. The van der Waals surface area contributed by atoms with E-state index in [1.807, 2.05) is 42.3 Å². The van der Waals surface area contributed by atoms with Crippen molar-refractivity contribution >= 4 is 5.91 Å². The number of H-pyrrole nitrogens is 1. The molecule has 2 aromatic rings. The quantitative estimate of drug-likeness (QED) is 0.915. The number of benzene rings is 1. The van der Waals surface area contributed by atoms with E-state index in [9.17, 15) is 4.79 Å². The molecule has 0 spiro atoms. The Morgan fingerprint density at radius 2 is 2.12 bits per heavy atom. The Labute approximate surface area is 147 Å². The van der Waals surface area contributed by atoms with Gasteiger partial charge in [0, 0.05) is 25.2 Å². The fraction of sp³-hybridized carbons (Fsp3) is 0.500. The zero-order valence-corrected chi connectivity index (χ0v) is 14.4. The van der Waals surface area contributed by atoms with Crippen molar-refractivity contribution < 1.29 is 9.53 Å². The number of aromatic nitrogens is 3. The van der Waals surface area contributed by atoms with E-state index < -0.39 is 0 Å². The molecule has 1 amide bonds. The molecule has 2 aliphatic heterocycles. The van der Waals surface area contributed by atoms with Crippen molar-refractivity contribution in [3.8, 4) is 11.4 Å². The zero-order chi connectivity index (χ0) is 17.2. The number of nitrogens with zero attached hydrogens (tertiary/aromatic N) is 4. The summed E-state index contributed by atoms with van der Waals surface area (Å²) in [6, 6.07) is 9.82. The van der Waals surface area contributed by atoms with E-state index in [0.717, 1.165) is 37.3 Å². The summed E-state index contributed by atoms with van der Waals surface area (Å²) in [6.07, 6.45) is 1.49. The lowest BCUT2D eigenvalue weighted by Gasteiger charge is -2.33.